The van der Waals surface area contributed by atoms with Crippen molar-refractivity contribution in [3.63, 3.8) is 0 Å². The maximum absolute atomic E-state index is 13.1. The Morgan fingerprint density at radius 3 is 2.80 bits per heavy atom. The second kappa shape index (κ2) is 4.39. The quantitative estimate of drug-likeness (QED) is 0.673. The Morgan fingerprint density at radius 2 is 2.13 bits per heavy atom. The second-order valence-corrected chi connectivity index (χ2v) is 3.82. The van der Waals surface area contributed by atoms with E-state index in [0.29, 0.717) is 5.56 Å². The van der Waals surface area contributed by atoms with Crippen LogP contribution in [0.25, 0.3) is 5.57 Å². The molecule has 1 aliphatic rings. The van der Waals surface area contributed by atoms with Gasteiger partial charge < -0.3 is 0 Å². The van der Waals surface area contributed by atoms with Crippen LogP contribution in [-0.2, 0) is 0 Å². The fourth-order valence-electron chi connectivity index (χ4n) is 1.99. The molecule has 0 aliphatic heterocycles. The molecule has 1 aromatic rings. The van der Waals surface area contributed by atoms with Crippen LogP contribution >= 0.6 is 0 Å². The number of carbonyl (C=O) groups is 1. The van der Waals surface area contributed by atoms with E-state index in [4.69, 9.17) is 0 Å². The number of halogens is 1. The molecular formula is C13H13FO. The van der Waals surface area contributed by atoms with E-state index in [2.05, 4.69) is 6.08 Å². The highest BCUT2D eigenvalue weighted by atomic mass is 19.1. The van der Waals surface area contributed by atoms with Gasteiger partial charge in [0.15, 0.2) is 6.29 Å². The normalized spacial score (nSPS) is 15.9. The summed E-state index contributed by atoms with van der Waals surface area (Å²) in [5, 5.41) is 0. The highest BCUT2D eigenvalue weighted by Crippen LogP contribution is 2.28. The van der Waals surface area contributed by atoms with E-state index in [9.17, 15) is 9.18 Å². The predicted octanol–water partition coefficient (Wildman–Crippen LogP) is 3.60. The van der Waals surface area contributed by atoms with Gasteiger partial charge in [-0.15, -0.1) is 0 Å². The van der Waals surface area contributed by atoms with Gasteiger partial charge in [-0.1, -0.05) is 6.08 Å². The molecule has 2 rings (SSSR count). The highest BCUT2D eigenvalue weighted by Gasteiger charge is 2.11. The first-order valence-electron chi connectivity index (χ1n) is 5.25. The molecule has 0 bridgehead atoms. The average Bonchev–Trinajstić information content (AvgIpc) is 2.30. The molecule has 0 radical (unpaired) electrons. The van der Waals surface area contributed by atoms with Crippen LogP contribution in [0.3, 0.4) is 0 Å². The standard InChI is InChI=1S/C13H13FO/c14-12-7-6-11(9-15)13(8-12)10-4-2-1-3-5-10/h4,6-9H,1-3,5H2. The Morgan fingerprint density at radius 1 is 1.27 bits per heavy atom. The van der Waals surface area contributed by atoms with Gasteiger partial charge in [-0.25, -0.2) is 4.39 Å². The maximum Gasteiger partial charge on any atom is 0.150 e. The summed E-state index contributed by atoms with van der Waals surface area (Å²) in [6.07, 6.45) is 7.21. The summed E-state index contributed by atoms with van der Waals surface area (Å²) >= 11 is 0. The molecule has 2 heteroatoms. The zero-order chi connectivity index (χ0) is 10.7. The van der Waals surface area contributed by atoms with E-state index >= 15 is 0 Å². The van der Waals surface area contributed by atoms with Crippen LogP contribution in [0.2, 0.25) is 0 Å². The van der Waals surface area contributed by atoms with Crippen LogP contribution in [0.4, 0.5) is 4.39 Å². The molecule has 1 aliphatic carbocycles. The lowest BCUT2D eigenvalue weighted by Crippen LogP contribution is -1.97. The minimum Gasteiger partial charge on any atom is -0.298 e. The summed E-state index contributed by atoms with van der Waals surface area (Å²) in [7, 11) is 0. The average molecular weight is 204 g/mol. The molecule has 0 saturated heterocycles. The number of aldehydes is 1. The molecule has 1 aromatic carbocycles. The zero-order valence-corrected chi connectivity index (χ0v) is 8.50. The van der Waals surface area contributed by atoms with Crippen LogP contribution < -0.4 is 0 Å². The van der Waals surface area contributed by atoms with Crippen LogP contribution in [0.5, 0.6) is 0 Å². The van der Waals surface area contributed by atoms with Crippen molar-refractivity contribution < 1.29 is 9.18 Å². The summed E-state index contributed by atoms with van der Waals surface area (Å²) < 4.78 is 13.1. The SMILES string of the molecule is O=Cc1ccc(F)cc1C1=CCCCC1. The number of hydrogen-bond acceptors (Lipinski definition) is 1. The molecule has 0 aromatic heterocycles. The van der Waals surface area contributed by atoms with Crippen LogP contribution in [-0.4, -0.2) is 6.29 Å². The summed E-state index contributed by atoms with van der Waals surface area (Å²) in [6, 6.07) is 4.34. The fraction of sp³-hybridized carbons (Fsp3) is 0.308. The lowest BCUT2D eigenvalue weighted by Gasteiger charge is -2.14. The fourth-order valence-corrected chi connectivity index (χ4v) is 1.99. The van der Waals surface area contributed by atoms with Gasteiger partial charge in [0.2, 0.25) is 0 Å². The lowest BCUT2D eigenvalue weighted by molar-refractivity contribution is 0.112. The molecule has 1 nitrogen and oxygen atoms in total. The van der Waals surface area contributed by atoms with E-state index in [1.807, 2.05) is 0 Å². The number of hydrogen-bond donors (Lipinski definition) is 0. The first-order valence-corrected chi connectivity index (χ1v) is 5.25. The van der Waals surface area contributed by atoms with Gasteiger partial charge in [-0.05, 0) is 55.0 Å². The molecule has 0 spiro atoms. The third-order valence-electron chi connectivity index (χ3n) is 2.78. The van der Waals surface area contributed by atoms with Crippen molar-refractivity contribution >= 4 is 11.9 Å². The van der Waals surface area contributed by atoms with Gasteiger partial charge in [-0.3, -0.25) is 4.79 Å². The third-order valence-corrected chi connectivity index (χ3v) is 2.78. The largest absolute Gasteiger partial charge is 0.298 e. The molecule has 0 atom stereocenters. The molecule has 78 valence electrons. The van der Waals surface area contributed by atoms with Gasteiger partial charge >= 0.3 is 0 Å². The number of benzene rings is 1. The van der Waals surface area contributed by atoms with Crippen LogP contribution in [0.15, 0.2) is 24.3 Å². The van der Waals surface area contributed by atoms with Crippen molar-refractivity contribution in [1.82, 2.24) is 0 Å². The molecule has 0 unspecified atom stereocenters. The maximum atomic E-state index is 13.1. The Bertz CT molecular complexity index is 407. The monoisotopic (exact) mass is 204 g/mol. The van der Waals surface area contributed by atoms with Gasteiger partial charge in [-0.2, -0.15) is 0 Å². The zero-order valence-electron chi connectivity index (χ0n) is 8.50. The minimum absolute atomic E-state index is 0.276. The van der Waals surface area contributed by atoms with E-state index in [0.717, 1.165) is 36.7 Å². The van der Waals surface area contributed by atoms with E-state index in [1.165, 1.54) is 18.6 Å². The predicted molar refractivity (Wildman–Crippen MR) is 58.2 cm³/mol. The van der Waals surface area contributed by atoms with Crippen molar-refractivity contribution in [3.8, 4) is 0 Å². The van der Waals surface area contributed by atoms with Gasteiger partial charge in [0, 0.05) is 5.56 Å². The van der Waals surface area contributed by atoms with Crippen molar-refractivity contribution in [1.29, 1.82) is 0 Å². The smallest absolute Gasteiger partial charge is 0.150 e. The van der Waals surface area contributed by atoms with Crippen molar-refractivity contribution in [2.75, 3.05) is 0 Å². The Labute approximate surface area is 88.6 Å². The van der Waals surface area contributed by atoms with Crippen LogP contribution in [0, 0.1) is 5.82 Å². The van der Waals surface area contributed by atoms with Gasteiger partial charge in [0.25, 0.3) is 0 Å². The summed E-state index contributed by atoms with van der Waals surface area (Å²) in [5.74, 6) is -0.276. The van der Waals surface area contributed by atoms with E-state index < -0.39 is 0 Å². The summed E-state index contributed by atoms with van der Waals surface area (Å²) in [5.41, 5.74) is 2.47. The van der Waals surface area contributed by atoms with Crippen molar-refractivity contribution in [3.05, 3.63) is 41.2 Å². The lowest BCUT2D eigenvalue weighted by atomic mass is 9.91. The van der Waals surface area contributed by atoms with E-state index in [-0.39, 0.29) is 5.82 Å². The number of allylic oxidation sites excluding steroid dienone is 2. The molecule has 15 heavy (non-hydrogen) atoms. The summed E-state index contributed by atoms with van der Waals surface area (Å²) in [4.78, 5) is 10.8. The van der Waals surface area contributed by atoms with Crippen LogP contribution in [0.1, 0.15) is 41.6 Å². The topological polar surface area (TPSA) is 17.1 Å². The van der Waals surface area contributed by atoms with E-state index in [1.54, 1.807) is 6.07 Å². The minimum atomic E-state index is -0.276. The third kappa shape index (κ3) is 2.14. The molecule has 0 amide bonds. The number of rotatable bonds is 2. The summed E-state index contributed by atoms with van der Waals surface area (Å²) in [6.45, 7) is 0. The van der Waals surface area contributed by atoms with Gasteiger partial charge in [0.05, 0.1) is 0 Å². The van der Waals surface area contributed by atoms with Crippen molar-refractivity contribution in [2.45, 2.75) is 25.7 Å². The molecule has 0 N–H and O–H groups in total. The second-order valence-electron chi connectivity index (χ2n) is 3.82. The number of carbonyl (C=O) groups excluding carboxylic acids is 1. The Hall–Kier alpha value is -1.44. The molecule has 0 heterocycles. The molecule has 0 fully saturated rings. The molecular weight excluding hydrogens is 191 g/mol. The Balaban J connectivity index is 2.44. The van der Waals surface area contributed by atoms with Gasteiger partial charge in [0.1, 0.15) is 5.82 Å². The Kier molecular flexibility index (Phi) is 2.95. The van der Waals surface area contributed by atoms with Crippen molar-refractivity contribution in [2.24, 2.45) is 0 Å². The highest BCUT2D eigenvalue weighted by molar-refractivity contribution is 5.85. The first kappa shape index (κ1) is 10.1. The first-order chi connectivity index (χ1) is 7.31. The molecule has 0 saturated carbocycles.